The van der Waals surface area contributed by atoms with Crippen molar-refractivity contribution in [1.29, 1.82) is 0 Å². The molecule has 1 aromatic carbocycles. The number of nitrogens with zero attached hydrogens (tertiary/aromatic N) is 2. The molecule has 2 rings (SSSR count). The highest BCUT2D eigenvalue weighted by atomic mass is 79.9. The molecule has 2 nitrogen and oxygen atoms in total. The van der Waals surface area contributed by atoms with E-state index in [1.807, 2.05) is 18.2 Å². The quantitative estimate of drug-likeness (QED) is 0.759. The number of halogens is 3. The maximum Gasteiger partial charge on any atom is 0.207 e. The average molecular weight is 354 g/mol. The lowest BCUT2D eigenvalue weighted by Crippen LogP contribution is -1.79. The van der Waals surface area contributed by atoms with E-state index in [-0.39, 0.29) is 0 Å². The van der Waals surface area contributed by atoms with Gasteiger partial charge in [-0.2, -0.15) is 0 Å². The third kappa shape index (κ3) is 2.16. The van der Waals surface area contributed by atoms with E-state index in [2.05, 4.69) is 42.1 Å². The van der Waals surface area contributed by atoms with E-state index in [4.69, 9.17) is 11.6 Å². The van der Waals surface area contributed by atoms with Gasteiger partial charge in [-0.15, -0.1) is 10.2 Å². The molecule has 6 heteroatoms. The molecule has 0 saturated carbocycles. The predicted octanol–water partition coefficient (Wildman–Crippen LogP) is 4.38. The van der Waals surface area contributed by atoms with Crippen LogP contribution < -0.4 is 0 Å². The molecule has 1 heterocycles. The van der Waals surface area contributed by atoms with Gasteiger partial charge in [0.1, 0.15) is 5.01 Å². The van der Waals surface area contributed by atoms with Crippen LogP contribution in [-0.2, 0) is 0 Å². The number of aromatic nitrogens is 2. The van der Waals surface area contributed by atoms with Crippen molar-refractivity contribution in [2.45, 2.75) is 0 Å². The molecule has 0 aliphatic rings. The molecule has 1 aromatic heterocycles. The molecule has 0 radical (unpaired) electrons. The molecular formula is C8H3Br2ClN2S. The summed E-state index contributed by atoms with van der Waals surface area (Å²) in [5, 5.41) is 8.54. The summed E-state index contributed by atoms with van der Waals surface area (Å²) in [5.41, 5.74) is 0.998. The Balaban J connectivity index is 2.52. The van der Waals surface area contributed by atoms with Crippen LogP contribution in [0.25, 0.3) is 10.6 Å². The summed E-state index contributed by atoms with van der Waals surface area (Å²) in [6.07, 6.45) is 0. The lowest BCUT2D eigenvalue weighted by molar-refractivity contribution is 1.09. The second-order valence-electron chi connectivity index (χ2n) is 2.48. The van der Waals surface area contributed by atoms with Crippen LogP contribution >= 0.6 is 54.8 Å². The molecule has 0 aliphatic heterocycles. The highest BCUT2D eigenvalue weighted by Gasteiger charge is 2.08. The Morgan fingerprint density at radius 3 is 2.57 bits per heavy atom. The lowest BCUT2D eigenvalue weighted by Gasteiger charge is -1.99. The highest BCUT2D eigenvalue weighted by Crippen LogP contribution is 2.33. The topological polar surface area (TPSA) is 25.8 Å². The van der Waals surface area contributed by atoms with Gasteiger partial charge in [-0.1, -0.05) is 43.2 Å². The van der Waals surface area contributed by atoms with Crippen LogP contribution in [0, 0.1) is 0 Å². The van der Waals surface area contributed by atoms with Crippen molar-refractivity contribution < 1.29 is 0 Å². The van der Waals surface area contributed by atoms with Crippen molar-refractivity contribution >= 4 is 54.8 Å². The van der Waals surface area contributed by atoms with Crippen molar-refractivity contribution in [2.75, 3.05) is 0 Å². The largest absolute Gasteiger partial charge is 0.207 e. The molecule has 0 unspecified atom stereocenters. The van der Waals surface area contributed by atoms with Crippen molar-refractivity contribution in [1.82, 2.24) is 10.2 Å². The molecule has 2 aromatic rings. The van der Waals surface area contributed by atoms with Crippen molar-refractivity contribution in [3.05, 3.63) is 31.6 Å². The summed E-state index contributed by atoms with van der Waals surface area (Å²) in [6, 6.07) is 5.88. The second kappa shape index (κ2) is 4.26. The van der Waals surface area contributed by atoms with Gasteiger partial charge in [-0.3, -0.25) is 0 Å². The molecule has 0 saturated heterocycles. The molecule has 0 amide bonds. The first kappa shape index (κ1) is 10.5. The fourth-order valence-electron chi connectivity index (χ4n) is 0.977. The van der Waals surface area contributed by atoms with Crippen molar-refractivity contribution in [3.8, 4) is 10.6 Å². The monoisotopic (exact) mass is 352 g/mol. The van der Waals surface area contributed by atoms with Crippen LogP contribution in [0.1, 0.15) is 0 Å². The molecule has 0 aliphatic carbocycles. The summed E-state index contributed by atoms with van der Waals surface area (Å²) < 4.78 is 2.44. The maximum atomic E-state index is 5.71. The van der Waals surface area contributed by atoms with Gasteiger partial charge in [0, 0.05) is 14.5 Å². The lowest BCUT2D eigenvalue weighted by atomic mass is 10.2. The van der Waals surface area contributed by atoms with E-state index in [0.717, 1.165) is 19.5 Å². The summed E-state index contributed by atoms with van der Waals surface area (Å²) in [7, 11) is 0. The first-order chi connectivity index (χ1) is 6.66. The minimum atomic E-state index is 0.454. The molecule has 0 bridgehead atoms. The van der Waals surface area contributed by atoms with Gasteiger partial charge in [-0.05, 0) is 29.8 Å². The summed E-state index contributed by atoms with van der Waals surface area (Å²) >= 11 is 13.9. The Bertz CT molecular complexity index is 472. The minimum Gasteiger partial charge on any atom is -0.137 e. The zero-order chi connectivity index (χ0) is 10.1. The molecule has 0 atom stereocenters. The van der Waals surface area contributed by atoms with Crippen LogP contribution in [0.5, 0.6) is 0 Å². The fourth-order valence-corrected chi connectivity index (χ4v) is 3.21. The van der Waals surface area contributed by atoms with Gasteiger partial charge in [0.05, 0.1) is 0 Å². The summed E-state index contributed by atoms with van der Waals surface area (Å²) in [4.78, 5) is 0. The normalized spacial score (nSPS) is 10.5. The maximum absolute atomic E-state index is 5.71. The molecule has 0 spiro atoms. The number of hydrogen-bond acceptors (Lipinski definition) is 3. The Kier molecular flexibility index (Phi) is 3.21. The smallest absolute Gasteiger partial charge is 0.137 e. The number of benzene rings is 1. The van der Waals surface area contributed by atoms with E-state index < -0.39 is 0 Å². The van der Waals surface area contributed by atoms with Gasteiger partial charge >= 0.3 is 0 Å². The molecule has 0 N–H and O–H groups in total. The third-order valence-corrected chi connectivity index (χ3v) is 3.76. The molecular weight excluding hydrogens is 351 g/mol. The van der Waals surface area contributed by atoms with Gasteiger partial charge in [-0.25, -0.2) is 0 Å². The van der Waals surface area contributed by atoms with E-state index in [1.165, 1.54) is 11.3 Å². The van der Waals surface area contributed by atoms with Crippen molar-refractivity contribution in [2.24, 2.45) is 0 Å². The van der Waals surface area contributed by atoms with E-state index in [1.54, 1.807) is 0 Å². The van der Waals surface area contributed by atoms with Crippen LogP contribution in [0.2, 0.25) is 4.47 Å². The zero-order valence-electron chi connectivity index (χ0n) is 6.67. The molecule has 0 fully saturated rings. The Morgan fingerprint density at radius 2 is 2.00 bits per heavy atom. The first-order valence-corrected chi connectivity index (χ1v) is 6.39. The Labute approximate surface area is 107 Å². The summed E-state index contributed by atoms with van der Waals surface area (Å²) in [5.74, 6) is 0. The van der Waals surface area contributed by atoms with Gasteiger partial charge in [0.15, 0.2) is 0 Å². The zero-order valence-corrected chi connectivity index (χ0v) is 11.4. The van der Waals surface area contributed by atoms with Crippen LogP contribution in [0.3, 0.4) is 0 Å². The van der Waals surface area contributed by atoms with Gasteiger partial charge in [0.2, 0.25) is 4.47 Å². The van der Waals surface area contributed by atoms with Crippen molar-refractivity contribution in [3.63, 3.8) is 0 Å². The predicted molar refractivity (Wildman–Crippen MR) is 65.8 cm³/mol. The van der Waals surface area contributed by atoms with Gasteiger partial charge < -0.3 is 0 Å². The Morgan fingerprint density at radius 1 is 1.21 bits per heavy atom. The third-order valence-electron chi connectivity index (χ3n) is 1.56. The summed E-state index contributed by atoms with van der Waals surface area (Å²) in [6.45, 7) is 0. The molecule has 72 valence electrons. The first-order valence-electron chi connectivity index (χ1n) is 3.61. The number of hydrogen-bond donors (Lipinski definition) is 0. The second-order valence-corrected chi connectivity index (χ2v) is 5.81. The van der Waals surface area contributed by atoms with Crippen LogP contribution in [-0.4, -0.2) is 10.2 Å². The van der Waals surface area contributed by atoms with Crippen LogP contribution in [0.4, 0.5) is 0 Å². The fraction of sp³-hybridized carbons (Fsp3) is 0. The standard InChI is InChI=1S/C8H3Br2ClN2S/c9-4-1-2-5(6(10)3-4)7-12-13-8(11)14-7/h1-3H. The average Bonchev–Trinajstić information content (AvgIpc) is 2.51. The van der Waals surface area contributed by atoms with E-state index in [9.17, 15) is 0 Å². The number of rotatable bonds is 1. The van der Waals surface area contributed by atoms with Gasteiger partial charge in [0.25, 0.3) is 0 Å². The minimum absolute atomic E-state index is 0.454. The SMILES string of the molecule is Clc1nnc(-c2ccc(Br)cc2Br)s1. The van der Waals surface area contributed by atoms with E-state index >= 15 is 0 Å². The Hall–Kier alpha value is 0.0300. The van der Waals surface area contributed by atoms with E-state index in [0.29, 0.717) is 4.47 Å². The highest BCUT2D eigenvalue weighted by molar-refractivity contribution is 9.11. The molecule has 14 heavy (non-hydrogen) atoms. The van der Waals surface area contributed by atoms with Crippen LogP contribution in [0.15, 0.2) is 27.1 Å².